The molecule has 2 aliphatic rings. The first kappa shape index (κ1) is 26.9. The van der Waals surface area contributed by atoms with E-state index in [2.05, 4.69) is 16.3 Å². The summed E-state index contributed by atoms with van der Waals surface area (Å²) in [6.07, 6.45) is 0.852. The Morgan fingerprint density at radius 2 is 1.77 bits per heavy atom. The number of carbonyl (C=O) groups excluding carboxylic acids is 2. The fraction of sp³-hybridized carbons (Fsp3) is 0.290. The number of nitrogens with one attached hydrogen (secondary N) is 1. The first-order valence-corrected chi connectivity index (χ1v) is 13.2. The second-order valence-corrected chi connectivity index (χ2v) is 10.0. The number of aliphatic imine (C=N–C) groups is 1. The van der Waals surface area contributed by atoms with E-state index in [1.54, 1.807) is 30.0 Å². The van der Waals surface area contributed by atoms with Gasteiger partial charge in [0.15, 0.2) is 11.5 Å². The number of carbonyl (C=O) groups is 2. The molecule has 5 rings (SSSR count). The molecule has 0 saturated heterocycles. The number of nitrogens with zero attached hydrogens (tertiary/aromatic N) is 4. The number of nitriles is 1. The van der Waals surface area contributed by atoms with Gasteiger partial charge < -0.3 is 24.6 Å². The summed E-state index contributed by atoms with van der Waals surface area (Å²) in [7, 11) is 4.02. The van der Waals surface area contributed by atoms with Crippen LogP contribution < -0.4 is 19.7 Å². The van der Waals surface area contributed by atoms with Crippen molar-refractivity contribution in [2.45, 2.75) is 19.3 Å². The van der Waals surface area contributed by atoms with Crippen LogP contribution in [0.5, 0.6) is 11.5 Å². The molecule has 0 spiro atoms. The smallest absolute Gasteiger partial charge is 0.238 e. The van der Waals surface area contributed by atoms with Gasteiger partial charge in [0.2, 0.25) is 11.8 Å². The van der Waals surface area contributed by atoms with Crippen LogP contribution in [0.2, 0.25) is 0 Å². The van der Waals surface area contributed by atoms with Crippen molar-refractivity contribution in [3.05, 3.63) is 77.4 Å². The van der Waals surface area contributed by atoms with Gasteiger partial charge >= 0.3 is 0 Å². The minimum atomic E-state index is -0.690. The van der Waals surface area contributed by atoms with Crippen LogP contribution in [-0.2, 0) is 9.59 Å². The van der Waals surface area contributed by atoms with Crippen LogP contribution in [0.3, 0.4) is 0 Å². The zero-order valence-corrected chi connectivity index (χ0v) is 22.8. The van der Waals surface area contributed by atoms with Crippen molar-refractivity contribution in [1.82, 2.24) is 4.90 Å². The van der Waals surface area contributed by atoms with Gasteiger partial charge in [-0.1, -0.05) is 6.07 Å². The quantitative estimate of drug-likeness (QED) is 0.425. The van der Waals surface area contributed by atoms with E-state index in [4.69, 9.17) is 14.5 Å². The molecule has 40 heavy (non-hydrogen) atoms. The maximum Gasteiger partial charge on any atom is 0.238 e. The summed E-state index contributed by atoms with van der Waals surface area (Å²) in [4.78, 5) is 34.5. The minimum Gasteiger partial charge on any atom is -0.486 e. The predicted molar refractivity (Wildman–Crippen MR) is 154 cm³/mol. The minimum absolute atomic E-state index is 0.0250. The summed E-state index contributed by atoms with van der Waals surface area (Å²) >= 11 is 0. The normalized spacial score (nSPS) is 15.8. The van der Waals surface area contributed by atoms with Crippen molar-refractivity contribution in [2.24, 2.45) is 4.99 Å². The lowest BCUT2D eigenvalue weighted by Gasteiger charge is -2.22. The number of ether oxygens (including phenoxy) is 2. The van der Waals surface area contributed by atoms with Crippen LogP contribution in [-0.4, -0.2) is 62.8 Å². The van der Waals surface area contributed by atoms with Crippen LogP contribution in [0.4, 0.5) is 17.1 Å². The lowest BCUT2D eigenvalue weighted by Crippen LogP contribution is -2.31. The summed E-state index contributed by atoms with van der Waals surface area (Å²) in [5.74, 6) is 0.305. The Morgan fingerprint density at radius 3 is 2.48 bits per heavy atom. The van der Waals surface area contributed by atoms with Crippen LogP contribution in [0.15, 0.2) is 65.7 Å². The average Bonchev–Trinajstić information content (AvgIpc) is 3.28. The monoisotopic (exact) mass is 537 g/mol. The van der Waals surface area contributed by atoms with Crippen molar-refractivity contribution in [3.63, 3.8) is 0 Å². The molecule has 3 aromatic rings. The largest absolute Gasteiger partial charge is 0.486 e. The van der Waals surface area contributed by atoms with Gasteiger partial charge in [0.25, 0.3) is 0 Å². The Hall–Kier alpha value is -4.68. The summed E-state index contributed by atoms with van der Waals surface area (Å²) in [6.45, 7) is 3.98. The van der Waals surface area contributed by atoms with E-state index in [0.29, 0.717) is 53.9 Å². The molecule has 2 aliphatic heterocycles. The van der Waals surface area contributed by atoms with E-state index in [0.717, 1.165) is 29.8 Å². The van der Waals surface area contributed by atoms with Crippen molar-refractivity contribution >= 4 is 34.6 Å². The van der Waals surface area contributed by atoms with Crippen LogP contribution in [0, 0.1) is 11.3 Å². The molecule has 1 N–H and O–H groups in total. The summed E-state index contributed by atoms with van der Waals surface area (Å²) in [5.41, 5.74) is 4.51. The molecular formula is C31H31N5O4. The third-order valence-electron chi connectivity index (χ3n) is 6.90. The van der Waals surface area contributed by atoms with E-state index in [9.17, 15) is 14.9 Å². The van der Waals surface area contributed by atoms with E-state index in [1.165, 1.54) is 0 Å². The highest BCUT2D eigenvalue weighted by molar-refractivity contribution is 6.24. The molecule has 204 valence electrons. The maximum absolute atomic E-state index is 13.3. The molecule has 0 aromatic heterocycles. The van der Waals surface area contributed by atoms with Crippen molar-refractivity contribution in [3.8, 4) is 17.6 Å². The van der Waals surface area contributed by atoms with Gasteiger partial charge in [-0.3, -0.25) is 14.6 Å². The van der Waals surface area contributed by atoms with Gasteiger partial charge in [-0.2, -0.15) is 5.26 Å². The SMILES string of the molecule is CC(=O)N(CCCN(C)C)c1ccc(N=C(c2ccc3c(c2)OCCO3)C2C(=O)Nc3cc(C#N)ccc32)cc1. The second-order valence-electron chi connectivity index (χ2n) is 10.0. The molecule has 9 heteroatoms. The van der Waals surface area contributed by atoms with E-state index in [1.807, 2.05) is 56.6 Å². The maximum atomic E-state index is 13.3. The Bertz CT molecular complexity index is 1510. The van der Waals surface area contributed by atoms with Crippen LogP contribution >= 0.6 is 0 Å². The number of benzene rings is 3. The molecule has 1 atom stereocenters. The van der Waals surface area contributed by atoms with Gasteiger partial charge in [0.1, 0.15) is 19.1 Å². The van der Waals surface area contributed by atoms with Gasteiger partial charge in [-0.05, 0) is 87.2 Å². The Morgan fingerprint density at radius 1 is 1.02 bits per heavy atom. The zero-order valence-electron chi connectivity index (χ0n) is 22.8. The van der Waals surface area contributed by atoms with Gasteiger partial charge in [-0.15, -0.1) is 0 Å². The molecule has 0 radical (unpaired) electrons. The topological polar surface area (TPSA) is 107 Å². The number of hydrogen-bond donors (Lipinski definition) is 1. The van der Waals surface area contributed by atoms with Gasteiger partial charge in [0, 0.05) is 30.4 Å². The molecule has 2 amide bonds. The Kier molecular flexibility index (Phi) is 7.80. The molecule has 0 aliphatic carbocycles. The number of amides is 2. The van der Waals surface area contributed by atoms with Crippen molar-refractivity contribution in [1.29, 1.82) is 5.26 Å². The van der Waals surface area contributed by atoms with Crippen LogP contribution in [0.1, 0.15) is 36.0 Å². The van der Waals surface area contributed by atoms with Crippen molar-refractivity contribution in [2.75, 3.05) is 50.6 Å². The molecular weight excluding hydrogens is 506 g/mol. The first-order valence-electron chi connectivity index (χ1n) is 13.2. The second kappa shape index (κ2) is 11.6. The average molecular weight is 538 g/mol. The predicted octanol–water partition coefficient (Wildman–Crippen LogP) is 4.49. The van der Waals surface area contributed by atoms with E-state index >= 15 is 0 Å². The third kappa shape index (κ3) is 5.67. The first-order chi connectivity index (χ1) is 19.3. The Labute approximate surface area is 233 Å². The number of fused-ring (bicyclic) bond motifs is 2. The molecule has 1 unspecified atom stereocenters. The molecule has 0 fully saturated rings. The molecule has 0 bridgehead atoms. The molecule has 9 nitrogen and oxygen atoms in total. The van der Waals surface area contributed by atoms with Crippen LogP contribution in [0.25, 0.3) is 0 Å². The number of anilines is 2. The highest BCUT2D eigenvalue weighted by Gasteiger charge is 2.36. The summed E-state index contributed by atoms with van der Waals surface area (Å²) in [5, 5.41) is 12.2. The highest BCUT2D eigenvalue weighted by atomic mass is 16.6. The molecule has 0 saturated carbocycles. The standard InChI is InChI=1S/C31H31N5O4/c1-20(37)36(14-4-13-35(2)3)24-9-7-23(8-10-24)33-30(22-6-12-27-28(18-22)40-16-15-39-27)29-25-11-5-21(19-32)17-26(25)34-31(29)38/h5-12,17-18,29H,4,13-16H2,1-3H3,(H,34,38). The lowest BCUT2D eigenvalue weighted by molar-refractivity contribution is -0.117. The summed E-state index contributed by atoms with van der Waals surface area (Å²) < 4.78 is 11.5. The zero-order chi connectivity index (χ0) is 28.2. The fourth-order valence-electron chi connectivity index (χ4n) is 4.96. The summed E-state index contributed by atoms with van der Waals surface area (Å²) in [6, 6.07) is 20.3. The van der Waals surface area contributed by atoms with Crippen molar-refractivity contribution < 1.29 is 19.1 Å². The Balaban J connectivity index is 1.53. The van der Waals surface area contributed by atoms with E-state index < -0.39 is 5.92 Å². The molecule has 3 aromatic carbocycles. The number of hydrogen-bond acceptors (Lipinski definition) is 7. The highest BCUT2D eigenvalue weighted by Crippen LogP contribution is 2.39. The fourth-order valence-corrected chi connectivity index (χ4v) is 4.96. The third-order valence-corrected chi connectivity index (χ3v) is 6.90. The van der Waals surface area contributed by atoms with E-state index in [-0.39, 0.29) is 11.8 Å². The van der Waals surface area contributed by atoms with Gasteiger partial charge in [-0.25, -0.2) is 0 Å². The van der Waals surface area contributed by atoms with Gasteiger partial charge in [0.05, 0.1) is 23.0 Å². The molecule has 2 heterocycles. The number of rotatable bonds is 8. The lowest BCUT2D eigenvalue weighted by atomic mass is 9.90.